The molecule has 0 unspecified atom stereocenters. The lowest BCUT2D eigenvalue weighted by molar-refractivity contribution is 0.294. The molecule has 1 heterocycles. The molecule has 0 saturated heterocycles. The van der Waals surface area contributed by atoms with E-state index < -0.39 is 0 Å². The van der Waals surface area contributed by atoms with Gasteiger partial charge in [0.25, 0.3) is 0 Å². The molecule has 1 aromatic carbocycles. The van der Waals surface area contributed by atoms with Crippen molar-refractivity contribution >= 4 is 11.6 Å². The zero-order chi connectivity index (χ0) is 12.3. The van der Waals surface area contributed by atoms with Gasteiger partial charge in [0.1, 0.15) is 12.4 Å². The Morgan fingerprint density at radius 2 is 2.29 bits per heavy atom. The molecule has 2 N–H and O–H groups in total. The molecule has 0 fully saturated rings. The maximum Gasteiger partial charge on any atom is 0.142 e. The van der Waals surface area contributed by atoms with Crippen LogP contribution >= 0.6 is 11.6 Å². The van der Waals surface area contributed by atoms with Gasteiger partial charge in [-0.3, -0.25) is 0 Å². The lowest BCUT2D eigenvalue weighted by Crippen LogP contribution is -2.05. The summed E-state index contributed by atoms with van der Waals surface area (Å²) < 4.78 is 7.61. The molecule has 1 aromatic heterocycles. The summed E-state index contributed by atoms with van der Waals surface area (Å²) in [6.45, 7) is 0.828. The molecule has 2 aromatic rings. The van der Waals surface area contributed by atoms with E-state index in [1.165, 1.54) is 0 Å². The number of imidazole rings is 1. The van der Waals surface area contributed by atoms with Crippen molar-refractivity contribution in [1.82, 2.24) is 9.55 Å². The summed E-state index contributed by atoms with van der Waals surface area (Å²) in [7, 11) is 1.92. The Labute approximate surface area is 105 Å². The van der Waals surface area contributed by atoms with Gasteiger partial charge < -0.3 is 15.0 Å². The SMILES string of the molecule is Cn1cncc1COc1c(Cl)cccc1CN. The third-order valence-electron chi connectivity index (χ3n) is 2.55. The van der Waals surface area contributed by atoms with Crippen molar-refractivity contribution < 1.29 is 4.74 Å². The van der Waals surface area contributed by atoms with Crippen molar-refractivity contribution in [3.8, 4) is 5.75 Å². The topological polar surface area (TPSA) is 53.1 Å². The number of benzene rings is 1. The average Bonchev–Trinajstić information content (AvgIpc) is 2.73. The number of hydrogen-bond acceptors (Lipinski definition) is 3. The second-order valence-electron chi connectivity index (χ2n) is 3.72. The fourth-order valence-electron chi connectivity index (χ4n) is 1.55. The second kappa shape index (κ2) is 5.21. The van der Waals surface area contributed by atoms with Crippen molar-refractivity contribution in [2.24, 2.45) is 12.8 Å². The molecule has 0 aliphatic carbocycles. The maximum atomic E-state index is 6.09. The van der Waals surface area contributed by atoms with E-state index in [1.54, 1.807) is 18.6 Å². The largest absolute Gasteiger partial charge is 0.485 e. The van der Waals surface area contributed by atoms with Crippen LogP contribution in [0.3, 0.4) is 0 Å². The Hall–Kier alpha value is -1.52. The molecule has 0 saturated carbocycles. The predicted molar refractivity (Wildman–Crippen MR) is 66.9 cm³/mol. The number of aromatic nitrogens is 2. The van der Waals surface area contributed by atoms with Crippen LogP contribution in [0.25, 0.3) is 0 Å². The number of nitrogens with two attached hydrogens (primary N) is 1. The van der Waals surface area contributed by atoms with Gasteiger partial charge in [-0.2, -0.15) is 0 Å². The van der Waals surface area contributed by atoms with Gasteiger partial charge in [-0.05, 0) is 6.07 Å². The predicted octanol–water partition coefficient (Wildman–Crippen LogP) is 2.11. The highest BCUT2D eigenvalue weighted by atomic mass is 35.5. The van der Waals surface area contributed by atoms with Crippen LogP contribution in [-0.4, -0.2) is 9.55 Å². The van der Waals surface area contributed by atoms with Gasteiger partial charge in [0, 0.05) is 19.2 Å². The molecule has 0 atom stereocenters. The zero-order valence-corrected chi connectivity index (χ0v) is 10.3. The minimum atomic E-state index is 0.404. The van der Waals surface area contributed by atoms with Crippen LogP contribution in [-0.2, 0) is 20.2 Å². The zero-order valence-electron chi connectivity index (χ0n) is 9.56. The molecule has 17 heavy (non-hydrogen) atoms. The van der Waals surface area contributed by atoms with Crippen molar-refractivity contribution in [2.75, 3.05) is 0 Å². The molecule has 0 aliphatic rings. The minimum absolute atomic E-state index is 0.404. The van der Waals surface area contributed by atoms with Crippen molar-refractivity contribution in [3.05, 3.63) is 47.0 Å². The molecule has 0 aliphatic heterocycles. The molecular weight excluding hydrogens is 238 g/mol. The van der Waals surface area contributed by atoms with Crippen molar-refractivity contribution in [2.45, 2.75) is 13.2 Å². The van der Waals surface area contributed by atoms with E-state index in [9.17, 15) is 0 Å². The van der Waals surface area contributed by atoms with Crippen LogP contribution in [0.1, 0.15) is 11.3 Å². The Morgan fingerprint density at radius 1 is 1.47 bits per heavy atom. The van der Waals surface area contributed by atoms with Crippen molar-refractivity contribution in [3.63, 3.8) is 0 Å². The molecule has 2 rings (SSSR count). The fourth-order valence-corrected chi connectivity index (χ4v) is 1.79. The summed E-state index contributed by atoms with van der Waals surface area (Å²) >= 11 is 6.09. The van der Waals surface area contributed by atoms with E-state index >= 15 is 0 Å². The Morgan fingerprint density at radius 3 is 2.94 bits per heavy atom. The van der Waals surface area contributed by atoms with Crippen LogP contribution in [0.15, 0.2) is 30.7 Å². The molecular formula is C12H14ClN3O. The summed E-state index contributed by atoms with van der Waals surface area (Å²) in [5.74, 6) is 0.651. The first-order valence-corrected chi connectivity index (χ1v) is 5.65. The van der Waals surface area contributed by atoms with Crippen molar-refractivity contribution in [1.29, 1.82) is 0 Å². The molecule has 0 radical (unpaired) electrons. The van der Waals surface area contributed by atoms with Crippen LogP contribution in [0, 0.1) is 0 Å². The fraction of sp³-hybridized carbons (Fsp3) is 0.250. The average molecular weight is 252 g/mol. The van der Waals surface area contributed by atoms with Crippen LogP contribution in [0.5, 0.6) is 5.75 Å². The summed E-state index contributed by atoms with van der Waals surface area (Å²) in [4.78, 5) is 4.02. The Bertz CT molecular complexity index is 510. The van der Waals surface area contributed by atoms with Gasteiger partial charge in [-0.15, -0.1) is 0 Å². The van der Waals surface area contributed by atoms with E-state index in [-0.39, 0.29) is 0 Å². The number of nitrogens with zero attached hydrogens (tertiary/aromatic N) is 2. The Kier molecular flexibility index (Phi) is 3.66. The lowest BCUT2D eigenvalue weighted by Gasteiger charge is -2.12. The molecule has 0 amide bonds. The third-order valence-corrected chi connectivity index (χ3v) is 2.85. The first-order valence-electron chi connectivity index (χ1n) is 5.28. The standard InChI is InChI=1S/C12H14ClN3O/c1-16-8-15-6-10(16)7-17-12-9(5-14)3-2-4-11(12)13/h2-4,6,8H,5,7,14H2,1H3. The Balaban J connectivity index is 2.16. The first-order chi connectivity index (χ1) is 8.22. The number of ether oxygens (including phenoxy) is 1. The van der Waals surface area contributed by atoms with Crippen LogP contribution in [0.2, 0.25) is 5.02 Å². The van der Waals surface area contributed by atoms with Gasteiger partial charge in [0.2, 0.25) is 0 Å². The number of hydrogen-bond donors (Lipinski definition) is 1. The molecule has 90 valence electrons. The van der Waals surface area contributed by atoms with Gasteiger partial charge in [-0.25, -0.2) is 4.98 Å². The van der Waals surface area contributed by atoms with Crippen LogP contribution in [0.4, 0.5) is 0 Å². The molecule has 0 spiro atoms. The smallest absolute Gasteiger partial charge is 0.142 e. The van der Waals surface area contributed by atoms with E-state index in [4.69, 9.17) is 22.1 Å². The quantitative estimate of drug-likeness (QED) is 0.906. The normalized spacial score (nSPS) is 10.5. The van der Waals surface area contributed by atoms with Gasteiger partial charge in [-0.1, -0.05) is 23.7 Å². The highest BCUT2D eigenvalue weighted by molar-refractivity contribution is 6.32. The highest BCUT2D eigenvalue weighted by Crippen LogP contribution is 2.29. The van der Waals surface area contributed by atoms with E-state index in [1.807, 2.05) is 23.7 Å². The lowest BCUT2D eigenvalue weighted by atomic mass is 10.2. The van der Waals surface area contributed by atoms with Gasteiger partial charge in [0.05, 0.1) is 23.2 Å². The summed E-state index contributed by atoms with van der Waals surface area (Å²) in [6, 6.07) is 5.56. The molecule has 0 bridgehead atoms. The van der Waals surface area contributed by atoms with Gasteiger partial charge >= 0.3 is 0 Å². The number of para-hydroxylation sites is 1. The second-order valence-corrected chi connectivity index (χ2v) is 4.12. The monoisotopic (exact) mass is 251 g/mol. The highest BCUT2D eigenvalue weighted by Gasteiger charge is 2.08. The van der Waals surface area contributed by atoms with E-state index in [2.05, 4.69) is 4.98 Å². The molecule has 4 nitrogen and oxygen atoms in total. The molecule has 5 heteroatoms. The maximum absolute atomic E-state index is 6.09. The van der Waals surface area contributed by atoms with E-state index in [0.717, 1.165) is 11.3 Å². The first kappa shape index (κ1) is 12.0. The minimum Gasteiger partial charge on any atom is -0.485 e. The number of halogens is 1. The van der Waals surface area contributed by atoms with E-state index in [0.29, 0.717) is 23.9 Å². The summed E-state index contributed by atoms with van der Waals surface area (Å²) in [5.41, 5.74) is 7.52. The third kappa shape index (κ3) is 2.60. The number of rotatable bonds is 4. The number of aryl methyl sites for hydroxylation is 1. The van der Waals surface area contributed by atoms with Crippen LogP contribution < -0.4 is 10.5 Å². The summed E-state index contributed by atoms with van der Waals surface area (Å²) in [5, 5.41) is 0.579. The van der Waals surface area contributed by atoms with Gasteiger partial charge in [0.15, 0.2) is 0 Å². The summed E-state index contributed by atoms with van der Waals surface area (Å²) in [6.07, 6.45) is 3.49.